The second-order valence-corrected chi connectivity index (χ2v) is 9.37. The van der Waals surface area contributed by atoms with Crippen LogP contribution in [0.5, 0.6) is 11.5 Å². The molecule has 10 nitrogen and oxygen atoms in total. The Morgan fingerprint density at radius 3 is 2.50 bits per heavy atom. The number of carbonyl (C=O) groups excluding carboxylic acids is 3. The Morgan fingerprint density at radius 1 is 0.976 bits per heavy atom. The highest BCUT2D eigenvalue weighted by molar-refractivity contribution is 6.39. The van der Waals surface area contributed by atoms with Crippen LogP contribution in [0, 0.1) is 10.1 Å². The lowest BCUT2D eigenvalue weighted by Crippen LogP contribution is -2.54. The first-order chi connectivity index (χ1) is 20.3. The van der Waals surface area contributed by atoms with E-state index in [0.717, 1.165) is 22.4 Å². The van der Waals surface area contributed by atoms with Crippen molar-refractivity contribution in [3.63, 3.8) is 0 Å². The maximum atomic E-state index is 13.4. The minimum Gasteiger partial charge on any atom is -0.493 e. The number of hydrogen-bond acceptors (Lipinski definition) is 7. The van der Waals surface area contributed by atoms with Crippen LogP contribution < -0.4 is 19.7 Å². The average molecular weight is 564 g/mol. The fraction of sp³-hybridized carbons (Fsp3) is 0.0938. The molecule has 1 aliphatic rings. The number of amides is 4. The number of ether oxygens (including phenoxy) is 2. The fourth-order valence-corrected chi connectivity index (χ4v) is 4.76. The molecule has 4 aromatic carbocycles. The summed E-state index contributed by atoms with van der Waals surface area (Å²) in [6.45, 7) is 4.10. The Balaban J connectivity index is 1.50. The molecule has 4 aromatic rings. The van der Waals surface area contributed by atoms with Gasteiger partial charge in [0.05, 0.1) is 17.7 Å². The number of nitro benzene ring substituents is 1. The van der Waals surface area contributed by atoms with Crippen molar-refractivity contribution in [3.05, 3.63) is 124 Å². The number of benzene rings is 4. The van der Waals surface area contributed by atoms with Gasteiger partial charge in [-0.05, 0) is 52.6 Å². The first-order valence-electron chi connectivity index (χ1n) is 12.9. The van der Waals surface area contributed by atoms with Gasteiger partial charge in [0.15, 0.2) is 11.5 Å². The summed E-state index contributed by atoms with van der Waals surface area (Å²) in [5, 5.41) is 15.5. The highest BCUT2D eigenvalue weighted by Gasteiger charge is 2.37. The Kier molecular flexibility index (Phi) is 7.78. The molecule has 0 radical (unpaired) electrons. The monoisotopic (exact) mass is 563 g/mol. The zero-order valence-corrected chi connectivity index (χ0v) is 22.5. The van der Waals surface area contributed by atoms with Gasteiger partial charge in [-0.1, -0.05) is 54.6 Å². The maximum Gasteiger partial charge on any atom is 0.335 e. The van der Waals surface area contributed by atoms with E-state index in [1.165, 1.54) is 31.4 Å². The van der Waals surface area contributed by atoms with E-state index in [0.29, 0.717) is 33.9 Å². The van der Waals surface area contributed by atoms with Crippen molar-refractivity contribution in [2.24, 2.45) is 0 Å². The number of methoxy groups -OCH3 is 1. The average Bonchev–Trinajstić information content (AvgIpc) is 2.98. The molecule has 0 unspecified atom stereocenters. The largest absolute Gasteiger partial charge is 0.493 e. The Bertz CT molecular complexity index is 1790. The fourth-order valence-electron chi connectivity index (χ4n) is 4.76. The molecule has 0 spiro atoms. The summed E-state index contributed by atoms with van der Waals surface area (Å²) < 4.78 is 11.9. The van der Waals surface area contributed by atoms with E-state index >= 15 is 0 Å². The summed E-state index contributed by atoms with van der Waals surface area (Å²) in [5.41, 5.74) is 1.43. The van der Waals surface area contributed by atoms with E-state index in [-0.39, 0.29) is 23.6 Å². The Hall–Kier alpha value is -5.77. The molecule has 5 rings (SSSR count). The van der Waals surface area contributed by atoms with E-state index in [1.807, 2.05) is 42.5 Å². The number of imide groups is 2. The van der Waals surface area contributed by atoms with E-state index in [2.05, 4.69) is 11.9 Å². The van der Waals surface area contributed by atoms with E-state index in [4.69, 9.17) is 9.47 Å². The number of nitro groups is 1. The van der Waals surface area contributed by atoms with Crippen LogP contribution in [-0.2, 0) is 22.6 Å². The topological polar surface area (TPSA) is 128 Å². The lowest BCUT2D eigenvalue weighted by atomic mass is 10.0. The highest BCUT2D eigenvalue weighted by atomic mass is 16.6. The summed E-state index contributed by atoms with van der Waals surface area (Å²) in [6, 6.07) is 21.4. The van der Waals surface area contributed by atoms with Crippen LogP contribution in [0.4, 0.5) is 16.2 Å². The van der Waals surface area contributed by atoms with Gasteiger partial charge in [-0.25, -0.2) is 9.69 Å². The number of anilines is 1. The first-order valence-corrected chi connectivity index (χ1v) is 12.9. The van der Waals surface area contributed by atoms with Gasteiger partial charge >= 0.3 is 6.03 Å². The predicted molar refractivity (Wildman–Crippen MR) is 157 cm³/mol. The van der Waals surface area contributed by atoms with Crippen molar-refractivity contribution in [1.82, 2.24) is 5.32 Å². The number of carbonyl (C=O) groups is 3. The maximum absolute atomic E-state index is 13.4. The number of allylic oxidation sites excluding steroid dienone is 1. The lowest BCUT2D eigenvalue weighted by molar-refractivity contribution is -0.384. The molecule has 4 amide bonds. The summed E-state index contributed by atoms with van der Waals surface area (Å²) in [6.07, 6.45) is 3.42. The zero-order chi connectivity index (χ0) is 29.8. The number of rotatable bonds is 9. The van der Waals surface area contributed by atoms with Gasteiger partial charge in [-0.15, -0.1) is 6.58 Å². The number of barbiturate groups is 1. The molecule has 0 bridgehead atoms. The second-order valence-electron chi connectivity index (χ2n) is 9.37. The minimum atomic E-state index is -1.01. The van der Waals surface area contributed by atoms with Gasteiger partial charge < -0.3 is 9.47 Å². The van der Waals surface area contributed by atoms with E-state index in [9.17, 15) is 24.5 Å². The third-order valence-electron chi connectivity index (χ3n) is 6.70. The Morgan fingerprint density at radius 2 is 1.74 bits per heavy atom. The number of non-ortho nitro benzene ring substituents is 1. The number of fused-ring (bicyclic) bond motifs is 1. The van der Waals surface area contributed by atoms with Crippen molar-refractivity contribution in [1.29, 1.82) is 0 Å². The van der Waals surface area contributed by atoms with E-state index < -0.39 is 22.8 Å². The summed E-state index contributed by atoms with van der Waals surface area (Å²) in [7, 11) is 1.48. The molecule has 10 heteroatoms. The minimum absolute atomic E-state index is 0.0489. The number of hydrogen-bond donors (Lipinski definition) is 1. The van der Waals surface area contributed by atoms with Crippen molar-refractivity contribution < 1.29 is 28.8 Å². The van der Waals surface area contributed by atoms with Crippen LogP contribution >= 0.6 is 0 Å². The van der Waals surface area contributed by atoms with Crippen LogP contribution in [0.15, 0.2) is 97.1 Å². The first kappa shape index (κ1) is 27.8. The predicted octanol–water partition coefficient (Wildman–Crippen LogP) is 5.73. The molecule has 1 fully saturated rings. The van der Waals surface area contributed by atoms with Crippen molar-refractivity contribution in [2.45, 2.75) is 13.0 Å². The van der Waals surface area contributed by atoms with Gasteiger partial charge in [-0.2, -0.15) is 0 Å². The van der Waals surface area contributed by atoms with Crippen LogP contribution in [0.2, 0.25) is 0 Å². The van der Waals surface area contributed by atoms with Gasteiger partial charge in [0.1, 0.15) is 12.2 Å². The summed E-state index contributed by atoms with van der Waals surface area (Å²) in [4.78, 5) is 49.9. The van der Waals surface area contributed by atoms with Gasteiger partial charge in [0, 0.05) is 17.7 Å². The molecule has 1 heterocycles. The molecule has 0 aliphatic carbocycles. The van der Waals surface area contributed by atoms with E-state index in [1.54, 1.807) is 18.2 Å². The third kappa shape index (κ3) is 5.46. The molecular weight excluding hydrogens is 538 g/mol. The van der Waals surface area contributed by atoms with Crippen LogP contribution in [0.1, 0.15) is 16.7 Å². The smallest absolute Gasteiger partial charge is 0.335 e. The number of nitrogens with zero attached hydrogens (tertiary/aromatic N) is 2. The Labute approximate surface area is 240 Å². The molecule has 1 saturated heterocycles. The van der Waals surface area contributed by atoms with Crippen LogP contribution in [-0.4, -0.2) is 29.9 Å². The van der Waals surface area contributed by atoms with Gasteiger partial charge in [0.2, 0.25) is 0 Å². The lowest BCUT2D eigenvalue weighted by Gasteiger charge is -2.26. The zero-order valence-electron chi connectivity index (χ0n) is 22.5. The van der Waals surface area contributed by atoms with Gasteiger partial charge in [-0.3, -0.25) is 25.0 Å². The molecule has 1 aliphatic heterocycles. The quantitative estimate of drug-likeness (QED) is 0.0905. The van der Waals surface area contributed by atoms with Crippen molar-refractivity contribution >= 4 is 46.1 Å². The second kappa shape index (κ2) is 11.8. The number of nitrogens with one attached hydrogen (secondary N) is 1. The molecule has 210 valence electrons. The highest BCUT2D eigenvalue weighted by Crippen LogP contribution is 2.36. The number of urea groups is 1. The third-order valence-corrected chi connectivity index (χ3v) is 6.70. The molecule has 0 atom stereocenters. The van der Waals surface area contributed by atoms with Crippen molar-refractivity contribution in [3.8, 4) is 11.5 Å². The molecule has 0 aromatic heterocycles. The molecule has 0 saturated carbocycles. The molecular formula is C32H25N3O7. The van der Waals surface area contributed by atoms with Crippen molar-refractivity contribution in [2.75, 3.05) is 12.0 Å². The van der Waals surface area contributed by atoms with Crippen LogP contribution in [0.3, 0.4) is 0 Å². The summed E-state index contributed by atoms with van der Waals surface area (Å²) >= 11 is 0. The molecule has 42 heavy (non-hydrogen) atoms. The van der Waals surface area contributed by atoms with Gasteiger partial charge in [0.25, 0.3) is 17.5 Å². The summed E-state index contributed by atoms with van der Waals surface area (Å²) in [5.74, 6) is -0.964. The standard InChI is InChI=1S/C32H25N3O7/c1-3-8-22-15-20(17-28(41-2)29(22)42-19-23-11-6-10-21-9-4-5-14-26(21)23)16-27-30(36)33-32(38)34(31(27)37)24-12-7-13-25(18-24)35(39)40/h3-7,9-18H,1,8,19H2,2H3,(H,33,36,38)/b27-16+. The SMILES string of the molecule is C=CCc1cc(/C=C2\C(=O)NC(=O)N(c3cccc([N+](=O)[O-])c3)C2=O)cc(OC)c1OCc1cccc2ccccc12. The molecule has 1 N–H and O–H groups in total. The normalized spacial score (nSPS) is 14.2. The van der Waals surface area contributed by atoms with Crippen LogP contribution in [0.25, 0.3) is 16.8 Å².